The van der Waals surface area contributed by atoms with Crippen molar-refractivity contribution in [3.63, 3.8) is 0 Å². The van der Waals surface area contributed by atoms with Crippen molar-refractivity contribution in [1.82, 2.24) is 23.4 Å². The third-order valence-corrected chi connectivity index (χ3v) is 14.5. The molecule has 5 aliphatic rings. The lowest BCUT2D eigenvalue weighted by Gasteiger charge is -2.41. The Balaban J connectivity index is 1.10. The molecule has 9 rings (SSSR count). The molecule has 4 heterocycles. The minimum absolute atomic E-state index is 0.0440. The molecular weight excluding hydrogens is 731 g/mol. The van der Waals surface area contributed by atoms with E-state index in [1.165, 1.54) is 26.1 Å². The van der Waals surface area contributed by atoms with E-state index in [9.17, 15) is 18.0 Å². The minimum Gasteiger partial charge on any atom is -0.497 e. The van der Waals surface area contributed by atoms with Crippen LogP contribution in [0.2, 0.25) is 0 Å². The third kappa shape index (κ3) is 6.14. The second-order valence-electron chi connectivity index (χ2n) is 16.5. The fraction of sp³-hybridized carbons (Fsp3) is 0.465. The molecule has 12 nitrogen and oxygen atoms in total. The quantitative estimate of drug-likeness (QED) is 0.219. The number of hydrogen-bond acceptors (Lipinski definition) is 7. The van der Waals surface area contributed by atoms with E-state index < -0.39 is 21.5 Å². The van der Waals surface area contributed by atoms with Gasteiger partial charge in [-0.25, -0.2) is 9.52 Å². The number of amides is 3. The van der Waals surface area contributed by atoms with Gasteiger partial charge in [-0.05, 0) is 85.0 Å². The van der Waals surface area contributed by atoms with E-state index >= 15 is 4.79 Å². The summed E-state index contributed by atoms with van der Waals surface area (Å²) in [6.45, 7) is 1.53. The maximum atomic E-state index is 15.2. The molecule has 294 valence electrons. The monoisotopic (exact) mass is 779 g/mol. The van der Waals surface area contributed by atoms with Crippen LogP contribution in [0.1, 0.15) is 90.3 Å². The number of rotatable bonds is 8. The minimum atomic E-state index is -4.01. The highest BCUT2D eigenvalue weighted by molar-refractivity contribution is 7.87. The van der Waals surface area contributed by atoms with Crippen LogP contribution in [0.5, 0.6) is 5.75 Å². The van der Waals surface area contributed by atoms with E-state index in [0.717, 1.165) is 81.9 Å². The molecule has 4 atom stereocenters. The highest BCUT2D eigenvalue weighted by atomic mass is 32.2. The van der Waals surface area contributed by atoms with E-state index in [4.69, 9.17) is 9.47 Å². The lowest BCUT2D eigenvalue weighted by atomic mass is 9.81. The Kier molecular flexibility index (Phi) is 9.15. The number of ether oxygens (including phenoxy) is 2. The molecule has 13 heteroatoms. The van der Waals surface area contributed by atoms with Crippen molar-refractivity contribution >= 4 is 39.0 Å². The Morgan fingerprint density at radius 3 is 2.34 bits per heavy atom. The summed E-state index contributed by atoms with van der Waals surface area (Å²) in [6.07, 6.45) is 7.53. The molecule has 2 bridgehead atoms. The third-order valence-electron chi connectivity index (χ3n) is 13.1. The summed E-state index contributed by atoms with van der Waals surface area (Å²) in [5.74, 6) is 0.378. The maximum absolute atomic E-state index is 15.2. The normalized spacial score (nSPS) is 24.2. The van der Waals surface area contributed by atoms with Crippen LogP contribution in [0.3, 0.4) is 0 Å². The number of carbonyl (C=O) groups is 3. The van der Waals surface area contributed by atoms with E-state index in [1.807, 2.05) is 52.3 Å². The molecule has 1 N–H and O–H groups in total. The number of likely N-dealkylation sites (tertiary alicyclic amines) is 1. The van der Waals surface area contributed by atoms with Gasteiger partial charge in [-0.3, -0.25) is 14.5 Å². The molecule has 0 spiro atoms. The number of nitrogens with zero attached hydrogens (tertiary/aromatic N) is 4. The molecule has 56 heavy (non-hydrogen) atoms. The second kappa shape index (κ2) is 13.9. The van der Waals surface area contributed by atoms with Crippen molar-refractivity contribution < 1.29 is 32.3 Å². The SMILES string of the molecule is COc1ccc2c(c1)C1CC1(C(=O)N1CC3CCC(C1)N3C(=O)OCc1ccccc1)Cn1c-2c(C2CCCCC2)c2ccc(C(=O)NS(=O)(=O)N(C)C)cc21. The van der Waals surface area contributed by atoms with Gasteiger partial charge < -0.3 is 18.9 Å². The fourth-order valence-electron chi connectivity index (χ4n) is 10.2. The highest BCUT2D eigenvalue weighted by Crippen LogP contribution is 2.66. The number of piperazine rings is 1. The van der Waals surface area contributed by atoms with Gasteiger partial charge in [0.1, 0.15) is 12.4 Å². The van der Waals surface area contributed by atoms with Gasteiger partial charge in [-0.15, -0.1) is 0 Å². The summed E-state index contributed by atoms with van der Waals surface area (Å²) in [5.41, 5.74) is 5.73. The van der Waals surface area contributed by atoms with Crippen molar-refractivity contribution in [3.05, 3.63) is 89.0 Å². The molecule has 3 aliphatic heterocycles. The average Bonchev–Trinajstić information content (AvgIpc) is 3.80. The van der Waals surface area contributed by atoms with Crippen LogP contribution in [0.4, 0.5) is 4.79 Å². The molecule has 4 aromatic rings. The molecule has 2 aliphatic carbocycles. The first kappa shape index (κ1) is 36.7. The Morgan fingerprint density at radius 1 is 0.911 bits per heavy atom. The predicted molar refractivity (Wildman–Crippen MR) is 211 cm³/mol. The van der Waals surface area contributed by atoms with E-state index in [0.29, 0.717) is 32.0 Å². The smallest absolute Gasteiger partial charge is 0.410 e. The van der Waals surface area contributed by atoms with Crippen LogP contribution in [0.15, 0.2) is 66.7 Å². The number of methoxy groups -OCH3 is 1. The Labute approximate surface area is 327 Å². The summed E-state index contributed by atoms with van der Waals surface area (Å²) in [6, 6.07) is 21.1. The Morgan fingerprint density at radius 2 is 1.64 bits per heavy atom. The average molecular weight is 780 g/mol. The summed E-state index contributed by atoms with van der Waals surface area (Å²) in [5, 5.41) is 1.03. The Bertz CT molecular complexity index is 2320. The summed E-state index contributed by atoms with van der Waals surface area (Å²) in [4.78, 5) is 46.0. The van der Waals surface area contributed by atoms with Gasteiger partial charge in [0.2, 0.25) is 5.91 Å². The zero-order chi connectivity index (χ0) is 38.9. The van der Waals surface area contributed by atoms with Gasteiger partial charge in [0, 0.05) is 61.7 Å². The van der Waals surface area contributed by atoms with Crippen LogP contribution in [-0.4, -0.2) is 91.4 Å². The van der Waals surface area contributed by atoms with Crippen LogP contribution < -0.4 is 9.46 Å². The molecule has 2 saturated carbocycles. The first-order chi connectivity index (χ1) is 27.0. The molecule has 3 amide bonds. The standard InChI is InChI=1S/C43H49N5O7S/c1-45(2)56(52,53)44-40(49)29-14-18-34-37(20-29)47-26-43(22-36(43)35-21-32(54-3)17-19-33(35)39(47)38(34)28-12-8-5-9-13-28)41(50)46-23-30-15-16-31(24-46)48(30)42(51)55-25-27-10-6-4-7-11-27/h4,6-7,10-11,14,17-21,28,30-31,36H,5,8-9,12-13,15-16,22-26H2,1-3H3,(H,44,49). The topological polar surface area (TPSA) is 130 Å². The van der Waals surface area contributed by atoms with Crippen LogP contribution in [-0.2, 0) is 32.9 Å². The lowest BCUT2D eigenvalue weighted by molar-refractivity contribution is -0.141. The van der Waals surface area contributed by atoms with Crippen molar-refractivity contribution in [2.24, 2.45) is 5.41 Å². The molecule has 3 aromatic carbocycles. The summed E-state index contributed by atoms with van der Waals surface area (Å²) < 4.78 is 42.3. The number of aromatic nitrogens is 1. The van der Waals surface area contributed by atoms with Gasteiger partial charge in [-0.1, -0.05) is 55.7 Å². The molecule has 4 unspecified atom stereocenters. The highest BCUT2D eigenvalue weighted by Gasteiger charge is 2.64. The second-order valence-corrected chi connectivity index (χ2v) is 18.4. The van der Waals surface area contributed by atoms with Crippen molar-refractivity contribution in [2.45, 2.75) is 88.4 Å². The van der Waals surface area contributed by atoms with Crippen LogP contribution in [0, 0.1) is 5.41 Å². The van der Waals surface area contributed by atoms with E-state index in [1.54, 1.807) is 19.2 Å². The first-order valence-electron chi connectivity index (χ1n) is 19.9. The van der Waals surface area contributed by atoms with Crippen molar-refractivity contribution in [3.8, 4) is 17.0 Å². The molecule has 1 aromatic heterocycles. The van der Waals surface area contributed by atoms with Gasteiger partial charge in [0.05, 0.1) is 30.3 Å². The van der Waals surface area contributed by atoms with Crippen molar-refractivity contribution in [2.75, 3.05) is 34.3 Å². The first-order valence-corrected chi connectivity index (χ1v) is 21.3. The number of fused-ring (bicyclic) bond motifs is 9. The lowest BCUT2D eigenvalue weighted by Crippen LogP contribution is -2.58. The predicted octanol–water partition coefficient (Wildman–Crippen LogP) is 6.40. The zero-order valence-corrected chi connectivity index (χ0v) is 33.0. The van der Waals surface area contributed by atoms with Gasteiger partial charge in [0.25, 0.3) is 5.91 Å². The summed E-state index contributed by atoms with van der Waals surface area (Å²) >= 11 is 0. The van der Waals surface area contributed by atoms with Crippen molar-refractivity contribution in [1.29, 1.82) is 0 Å². The number of carbonyl (C=O) groups excluding carboxylic acids is 3. The largest absolute Gasteiger partial charge is 0.497 e. The molecule has 4 fully saturated rings. The maximum Gasteiger partial charge on any atom is 0.410 e. The molecular formula is C43H49N5O7S. The van der Waals surface area contributed by atoms with E-state index in [-0.39, 0.29) is 42.2 Å². The number of hydrogen-bond donors (Lipinski definition) is 1. The van der Waals surface area contributed by atoms with Gasteiger partial charge in [0.15, 0.2) is 0 Å². The van der Waals surface area contributed by atoms with Gasteiger partial charge >= 0.3 is 16.3 Å². The van der Waals surface area contributed by atoms with Crippen LogP contribution >= 0.6 is 0 Å². The Hall–Kier alpha value is -4.88. The van der Waals surface area contributed by atoms with Crippen LogP contribution in [0.25, 0.3) is 22.2 Å². The molecule has 0 radical (unpaired) electrons. The zero-order valence-electron chi connectivity index (χ0n) is 32.2. The number of benzene rings is 3. The molecule has 2 saturated heterocycles. The summed E-state index contributed by atoms with van der Waals surface area (Å²) in [7, 11) is 0.401. The number of nitrogens with one attached hydrogen (secondary N) is 1. The van der Waals surface area contributed by atoms with E-state index in [2.05, 4.69) is 21.4 Å². The fourth-order valence-corrected chi connectivity index (χ4v) is 10.7. The van der Waals surface area contributed by atoms with Gasteiger partial charge in [-0.2, -0.15) is 12.7 Å².